The van der Waals surface area contributed by atoms with Gasteiger partial charge in [0.2, 0.25) is 0 Å². The second-order valence-electron chi connectivity index (χ2n) is 4.67. The van der Waals surface area contributed by atoms with Crippen LogP contribution in [0.25, 0.3) is 0 Å². The van der Waals surface area contributed by atoms with Gasteiger partial charge in [0, 0.05) is 0 Å². The van der Waals surface area contributed by atoms with Crippen LogP contribution in [0.3, 0.4) is 0 Å². The summed E-state index contributed by atoms with van der Waals surface area (Å²) in [5.41, 5.74) is 1.61. The van der Waals surface area contributed by atoms with E-state index < -0.39 is 10.0 Å². The van der Waals surface area contributed by atoms with Gasteiger partial charge in [-0.3, -0.25) is 4.72 Å². The highest BCUT2D eigenvalue weighted by Crippen LogP contribution is 2.27. The van der Waals surface area contributed by atoms with Crippen molar-refractivity contribution in [2.24, 2.45) is 0 Å². The third-order valence-electron chi connectivity index (χ3n) is 3.08. The van der Waals surface area contributed by atoms with Crippen molar-refractivity contribution in [3.05, 3.63) is 53.1 Å². The highest BCUT2D eigenvalue weighted by atomic mass is 32.2. The fourth-order valence-corrected chi connectivity index (χ4v) is 3.18. The molecule has 0 bridgehead atoms. The summed E-state index contributed by atoms with van der Waals surface area (Å²) >= 11 is 0. The van der Waals surface area contributed by atoms with Crippen molar-refractivity contribution in [3.8, 4) is 11.8 Å². The predicted molar refractivity (Wildman–Crippen MR) is 79.5 cm³/mol. The van der Waals surface area contributed by atoms with Gasteiger partial charge in [-0.05, 0) is 49.2 Å². The van der Waals surface area contributed by atoms with Gasteiger partial charge in [0.15, 0.2) is 0 Å². The van der Waals surface area contributed by atoms with Crippen LogP contribution in [0.1, 0.15) is 16.7 Å². The first kappa shape index (κ1) is 14.9. The minimum atomic E-state index is -3.86. The van der Waals surface area contributed by atoms with E-state index in [2.05, 4.69) is 4.72 Å². The van der Waals surface area contributed by atoms with Crippen LogP contribution in [0.2, 0.25) is 0 Å². The molecule has 108 valence electrons. The summed E-state index contributed by atoms with van der Waals surface area (Å²) in [6, 6.07) is 10.9. The van der Waals surface area contributed by atoms with Gasteiger partial charge in [0.25, 0.3) is 10.0 Å². The molecule has 0 saturated heterocycles. The molecule has 0 atom stereocenters. The summed E-state index contributed by atoms with van der Waals surface area (Å²) in [7, 11) is -3.86. The molecule has 6 heteroatoms. The molecule has 0 heterocycles. The highest BCUT2D eigenvalue weighted by Gasteiger charge is 2.19. The molecule has 0 aliphatic carbocycles. The number of sulfonamides is 1. The molecule has 0 aliphatic heterocycles. The molecule has 0 radical (unpaired) electrons. The van der Waals surface area contributed by atoms with Crippen molar-refractivity contribution in [1.29, 1.82) is 5.26 Å². The SMILES string of the molecule is Cc1cc(NS(=O)(=O)c2ccccc2C#N)c(C)cc1O. The summed E-state index contributed by atoms with van der Waals surface area (Å²) in [5, 5.41) is 18.6. The van der Waals surface area contributed by atoms with E-state index in [9.17, 15) is 13.5 Å². The Kier molecular flexibility index (Phi) is 3.87. The van der Waals surface area contributed by atoms with Crippen LogP contribution in [-0.4, -0.2) is 13.5 Å². The third-order valence-corrected chi connectivity index (χ3v) is 4.51. The maximum atomic E-state index is 12.4. The molecule has 2 aromatic carbocycles. The van der Waals surface area contributed by atoms with Crippen LogP contribution < -0.4 is 4.72 Å². The fraction of sp³-hybridized carbons (Fsp3) is 0.133. The lowest BCUT2D eigenvalue weighted by Gasteiger charge is -2.13. The number of rotatable bonds is 3. The third kappa shape index (κ3) is 2.98. The van der Waals surface area contributed by atoms with Crippen LogP contribution in [0.4, 0.5) is 5.69 Å². The number of phenolic OH excluding ortho intramolecular Hbond substituents is 1. The standard InChI is InChI=1S/C15H14N2O3S/c1-10-8-14(18)11(2)7-13(10)17-21(19,20)15-6-4-3-5-12(15)9-16/h3-8,17-18H,1-2H3. The van der Waals surface area contributed by atoms with Gasteiger partial charge in [-0.15, -0.1) is 0 Å². The van der Waals surface area contributed by atoms with E-state index >= 15 is 0 Å². The molecule has 2 rings (SSSR count). The van der Waals surface area contributed by atoms with E-state index in [4.69, 9.17) is 5.26 Å². The highest BCUT2D eigenvalue weighted by molar-refractivity contribution is 7.92. The molecule has 21 heavy (non-hydrogen) atoms. The zero-order valence-electron chi connectivity index (χ0n) is 11.6. The topological polar surface area (TPSA) is 90.2 Å². The van der Waals surface area contributed by atoms with Gasteiger partial charge in [0.05, 0.1) is 11.3 Å². The van der Waals surface area contributed by atoms with Crippen molar-refractivity contribution in [2.45, 2.75) is 18.7 Å². The van der Waals surface area contributed by atoms with Gasteiger partial charge in [-0.1, -0.05) is 12.1 Å². The van der Waals surface area contributed by atoms with Crippen LogP contribution in [0.5, 0.6) is 5.75 Å². The lowest BCUT2D eigenvalue weighted by Crippen LogP contribution is -2.15. The minimum Gasteiger partial charge on any atom is -0.508 e. The second kappa shape index (κ2) is 5.46. The fourth-order valence-electron chi connectivity index (χ4n) is 1.90. The summed E-state index contributed by atoms with van der Waals surface area (Å²) in [6.45, 7) is 3.36. The monoisotopic (exact) mass is 302 g/mol. The van der Waals surface area contributed by atoms with E-state index in [-0.39, 0.29) is 16.2 Å². The van der Waals surface area contributed by atoms with E-state index in [1.165, 1.54) is 18.2 Å². The van der Waals surface area contributed by atoms with Gasteiger partial charge in [-0.2, -0.15) is 5.26 Å². The Labute approximate surface area is 123 Å². The molecule has 0 amide bonds. The lowest BCUT2D eigenvalue weighted by atomic mass is 10.1. The quantitative estimate of drug-likeness (QED) is 0.853. The maximum absolute atomic E-state index is 12.4. The van der Waals surface area contributed by atoms with E-state index in [1.807, 2.05) is 6.07 Å². The van der Waals surface area contributed by atoms with E-state index in [0.717, 1.165) is 0 Å². The number of nitrogens with zero attached hydrogens (tertiary/aromatic N) is 1. The Morgan fingerprint density at radius 3 is 2.48 bits per heavy atom. The maximum Gasteiger partial charge on any atom is 0.263 e. The van der Waals surface area contributed by atoms with Gasteiger partial charge in [-0.25, -0.2) is 8.42 Å². The molecule has 0 spiro atoms. The first-order valence-electron chi connectivity index (χ1n) is 6.17. The molecule has 2 N–H and O–H groups in total. The Bertz CT molecular complexity index is 836. The Morgan fingerprint density at radius 1 is 1.14 bits per heavy atom. The van der Waals surface area contributed by atoms with Crippen molar-refractivity contribution >= 4 is 15.7 Å². The van der Waals surface area contributed by atoms with Crippen molar-refractivity contribution < 1.29 is 13.5 Å². The smallest absolute Gasteiger partial charge is 0.263 e. The Balaban J connectivity index is 2.48. The molecule has 0 unspecified atom stereocenters. The molecule has 0 aromatic heterocycles. The van der Waals surface area contributed by atoms with Gasteiger partial charge in [0.1, 0.15) is 16.7 Å². The van der Waals surface area contributed by atoms with Crippen molar-refractivity contribution in [3.63, 3.8) is 0 Å². The first-order chi connectivity index (χ1) is 9.85. The zero-order valence-corrected chi connectivity index (χ0v) is 12.4. The normalized spacial score (nSPS) is 10.9. The van der Waals surface area contributed by atoms with Crippen molar-refractivity contribution in [1.82, 2.24) is 0 Å². The molecule has 0 fully saturated rings. The summed E-state index contributed by atoms with van der Waals surface area (Å²) in [6.07, 6.45) is 0. The average Bonchev–Trinajstić information content (AvgIpc) is 2.44. The summed E-state index contributed by atoms with van der Waals surface area (Å²) in [5.74, 6) is 0.105. The number of hydrogen-bond donors (Lipinski definition) is 2. The number of aromatic hydroxyl groups is 1. The summed E-state index contributed by atoms with van der Waals surface area (Å²) < 4.78 is 27.3. The number of nitrogens with one attached hydrogen (secondary N) is 1. The predicted octanol–water partition coefficient (Wildman–Crippen LogP) is 2.68. The minimum absolute atomic E-state index is 0.0716. The molecular weight excluding hydrogens is 288 g/mol. The number of nitriles is 1. The summed E-state index contributed by atoms with van der Waals surface area (Å²) in [4.78, 5) is -0.0716. The lowest BCUT2D eigenvalue weighted by molar-refractivity contribution is 0.471. The van der Waals surface area contributed by atoms with E-state index in [1.54, 1.807) is 32.0 Å². The van der Waals surface area contributed by atoms with Crippen LogP contribution in [-0.2, 0) is 10.0 Å². The largest absolute Gasteiger partial charge is 0.508 e. The Hall–Kier alpha value is -2.52. The van der Waals surface area contributed by atoms with Crippen LogP contribution >= 0.6 is 0 Å². The van der Waals surface area contributed by atoms with Crippen LogP contribution in [0.15, 0.2) is 41.3 Å². The van der Waals surface area contributed by atoms with Crippen molar-refractivity contribution in [2.75, 3.05) is 4.72 Å². The Morgan fingerprint density at radius 2 is 1.81 bits per heavy atom. The van der Waals surface area contributed by atoms with Gasteiger partial charge >= 0.3 is 0 Å². The van der Waals surface area contributed by atoms with Gasteiger partial charge < -0.3 is 5.11 Å². The number of anilines is 1. The second-order valence-corrected chi connectivity index (χ2v) is 6.32. The molecule has 2 aromatic rings. The molecule has 0 saturated carbocycles. The molecule has 5 nitrogen and oxygen atoms in total. The molecular formula is C15H14N2O3S. The average molecular weight is 302 g/mol. The number of hydrogen-bond acceptors (Lipinski definition) is 4. The number of benzene rings is 2. The number of aryl methyl sites for hydroxylation is 2. The van der Waals surface area contributed by atoms with E-state index in [0.29, 0.717) is 16.8 Å². The zero-order chi connectivity index (χ0) is 15.6. The molecule has 0 aliphatic rings. The van der Waals surface area contributed by atoms with Crippen LogP contribution in [0, 0.1) is 25.2 Å². The first-order valence-corrected chi connectivity index (χ1v) is 7.65. The number of phenols is 1.